The molecule has 0 radical (unpaired) electrons. The molecule has 0 saturated carbocycles. The van der Waals surface area contributed by atoms with Gasteiger partial charge in [-0.1, -0.05) is 37.0 Å². The van der Waals surface area contributed by atoms with E-state index in [0.29, 0.717) is 12.1 Å². The van der Waals surface area contributed by atoms with Crippen LogP contribution in [-0.4, -0.2) is 28.4 Å². The van der Waals surface area contributed by atoms with E-state index >= 15 is 0 Å². The second-order valence-electron chi connectivity index (χ2n) is 4.25. The Morgan fingerprint density at radius 1 is 1.37 bits per heavy atom. The second kappa shape index (κ2) is 7.36. The van der Waals surface area contributed by atoms with Gasteiger partial charge in [0.25, 0.3) is 5.91 Å². The van der Waals surface area contributed by atoms with E-state index in [4.69, 9.17) is 23.2 Å². The molecule has 106 valence electrons. The number of thioether (sulfide) groups is 1. The molecule has 0 aliphatic rings. The highest BCUT2D eigenvalue weighted by Crippen LogP contribution is 2.29. The van der Waals surface area contributed by atoms with Crippen LogP contribution in [0.2, 0.25) is 10.3 Å². The van der Waals surface area contributed by atoms with Crippen molar-refractivity contribution in [3.63, 3.8) is 0 Å². The van der Waals surface area contributed by atoms with E-state index in [0.717, 1.165) is 12.8 Å². The van der Waals surface area contributed by atoms with Gasteiger partial charge in [-0.25, -0.2) is 4.98 Å². The van der Waals surface area contributed by atoms with Crippen molar-refractivity contribution in [1.29, 1.82) is 0 Å². The van der Waals surface area contributed by atoms with Crippen LogP contribution in [0.5, 0.6) is 0 Å². The van der Waals surface area contributed by atoms with Crippen LogP contribution >= 0.6 is 35.0 Å². The molecule has 0 aromatic carbocycles. The first-order valence-electron chi connectivity index (χ1n) is 6.13. The minimum atomic E-state index is -0.213. The molecule has 0 unspecified atom stereocenters. The monoisotopic (exact) mass is 320 g/mol. The Labute approximate surface area is 128 Å². The molecule has 0 aliphatic carbocycles. The number of hydrogen-bond acceptors (Lipinski definition) is 3. The number of halogens is 2. The molecule has 1 aromatic rings. The lowest BCUT2D eigenvalue weighted by atomic mass is 10.0. The maximum Gasteiger partial charge on any atom is 0.254 e. The minimum absolute atomic E-state index is 0.0714. The first-order chi connectivity index (χ1) is 8.98. The third-order valence-electron chi connectivity index (χ3n) is 3.35. The molecule has 0 spiro atoms. The maximum atomic E-state index is 12.1. The molecule has 0 aliphatic heterocycles. The molecule has 0 saturated heterocycles. The van der Waals surface area contributed by atoms with Gasteiger partial charge in [-0.05, 0) is 31.2 Å². The third-order valence-corrected chi connectivity index (χ3v) is 5.44. The van der Waals surface area contributed by atoms with E-state index in [1.54, 1.807) is 23.9 Å². The molecule has 0 atom stereocenters. The number of pyridine rings is 1. The molecular weight excluding hydrogens is 303 g/mol. The number of carbonyl (C=O) groups excluding carboxylic acids is 1. The van der Waals surface area contributed by atoms with Crippen LogP contribution in [0.25, 0.3) is 0 Å². The third kappa shape index (κ3) is 4.26. The summed E-state index contributed by atoms with van der Waals surface area (Å²) in [6.45, 7) is 4.87. The first kappa shape index (κ1) is 16.6. The predicted octanol–water partition coefficient (Wildman–Crippen LogP) is 4.04. The van der Waals surface area contributed by atoms with Gasteiger partial charge in [-0.3, -0.25) is 4.79 Å². The van der Waals surface area contributed by atoms with E-state index in [2.05, 4.69) is 30.4 Å². The van der Waals surface area contributed by atoms with Crippen molar-refractivity contribution in [2.75, 3.05) is 12.8 Å². The van der Waals surface area contributed by atoms with Gasteiger partial charge in [0.1, 0.15) is 10.3 Å². The number of carbonyl (C=O) groups is 1. The fourth-order valence-electron chi connectivity index (χ4n) is 1.78. The van der Waals surface area contributed by atoms with E-state index in [9.17, 15) is 4.79 Å². The zero-order valence-electron chi connectivity index (χ0n) is 11.3. The second-order valence-corrected chi connectivity index (χ2v) is 6.27. The summed E-state index contributed by atoms with van der Waals surface area (Å²) < 4.78 is 0.0714. The Bertz CT molecular complexity index is 442. The summed E-state index contributed by atoms with van der Waals surface area (Å²) in [6, 6.07) is 3.15. The molecule has 0 fully saturated rings. The maximum absolute atomic E-state index is 12.1. The standard InChI is InChI=1S/C13H18Cl2N2OS/c1-4-13(5-2,19-3)8-16-12(18)9-6-7-10(14)17-11(9)15/h6-7H,4-5,8H2,1-3H3,(H,16,18). The normalized spacial score (nSPS) is 11.4. The first-order valence-corrected chi connectivity index (χ1v) is 8.11. The van der Waals surface area contributed by atoms with Gasteiger partial charge in [-0.15, -0.1) is 0 Å². The topological polar surface area (TPSA) is 42.0 Å². The van der Waals surface area contributed by atoms with Crippen molar-refractivity contribution in [3.8, 4) is 0 Å². The Morgan fingerprint density at radius 2 is 2.00 bits per heavy atom. The van der Waals surface area contributed by atoms with Crippen LogP contribution in [0.1, 0.15) is 37.0 Å². The molecule has 1 aromatic heterocycles. The fraction of sp³-hybridized carbons (Fsp3) is 0.538. The van der Waals surface area contributed by atoms with Crippen LogP contribution < -0.4 is 5.32 Å². The van der Waals surface area contributed by atoms with Crippen LogP contribution in [0.3, 0.4) is 0 Å². The molecule has 3 nitrogen and oxygen atoms in total. The fourth-order valence-corrected chi connectivity index (χ4v) is 3.00. The van der Waals surface area contributed by atoms with Crippen molar-refractivity contribution in [2.24, 2.45) is 0 Å². The Kier molecular flexibility index (Phi) is 6.43. The van der Waals surface area contributed by atoms with Gasteiger partial charge < -0.3 is 5.32 Å². The SMILES string of the molecule is CCC(CC)(CNC(=O)c1ccc(Cl)nc1Cl)SC. The highest BCUT2D eigenvalue weighted by molar-refractivity contribution is 8.00. The summed E-state index contributed by atoms with van der Waals surface area (Å²) in [5.74, 6) is -0.213. The van der Waals surface area contributed by atoms with Gasteiger partial charge in [0.2, 0.25) is 0 Å². The van der Waals surface area contributed by atoms with Gasteiger partial charge in [-0.2, -0.15) is 11.8 Å². The number of hydrogen-bond donors (Lipinski definition) is 1. The van der Waals surface area contributed by atoms with E-state index in [-0.39, 0.29) is 21.0 Å². The number of nitrogens with one attached hydrogen (secondary N) is 1. The van der Waals surface area contributed by atoms with Crippen LogP contribution in [0, 0.1) is 0 Å². The van der Waals surface area contributed by atoms with E-state index < -0.39 is 0 Å². The number of aromatic nitrogens is 1. The molecule has 19 heavy (non-hydrogen) atoms. The molecule has 6 heteroatoms. The van der Waals surface area contributed by atoms with E-state index in [1.807, 2.05) is 0 Å². The van der Waals surface area contributed by atoms with Gasteiger partial charge in [0.05, 0.1) is 5.56 Å². The molecule has 1 heterocycles. The summed E-state index contributed by atoms with van der Waals surface area (Å²) >= 11 is 13.4. The van der Waals surface area contributed by atoms with Gasteiger partial charge in [0, 0.05) is 11.3 Å². The Hall–Kier alpha value is -0.450. The lowest BCUT2D eigenvalue weighted by molar-refractivity contribution is 0.0948. The van der Waals surface area contributed by atoms with Gasteiger partial charge >= 0.3 is 0 Å². The van der Waals surface area contributed by atoms with Crippen molar-refractivity contribution < 1.29 is 4.79 Å². The Balaban J connectivity index is 2.75. The molecule has 1 rings (SSSR count). The lowest BCUT2D eigenvalue weighted by Crippen LogP contribution is -2.39. The summed E-state index contributed by atoms with van der Waals surface area (Å²) in [4.78, 5) is 15.9. The van der Waals surface area contributed by atoms with Crippen molar-refractivity contribution in [1.82, 2.24) is 10.3 Å². The number of nitrogens with zero attached hydrogens (tertiary/aromatic N) is 1. The highest BCUT2D eigenvalue weighted by Gasteiger charge is 2.26. The van der Waals surface area contributed by atoms with Crippen LogP contribution in [0.4, 0.5) is 0 Å². The average molecular weight is 321 g/mol. The molecular formula is C13H18Cl2N2OS. The highest BCUT2D eigenvalue weighted by atomic mass is 35.5. The van der Waals surface area contributed by atoms with Crippen molar-refractivity contribution in [3.05, 3.63) is 28.0 Å². The number of rotatable bonds is 6. The van der Waals surface area contributed by atoms with E-state index in [1.165, 1.54) is 0 Å². The molecule has 0 bridgehead atoms. The van der Waals surface area contributed by atoms with Crippen LogP contribution in [-0.2, 0) is 0 Å². The van der Waals surface area contributed by atoms with Crippen LogP contribution in [0.15, 0.2) is 12.1 Å². The summed E-state index contributed by atoms with van der Waals surface area (Å²) in [5, 5.41) is 3.34. The summed E-state index contributed by atoms with van der Waals surface area (Å²) in [6.07, 6.45) is 4.06. The van der Waals surface area contributed by atoms with Crippen molar-refractivity contribution >= 4 is 40.9 Å². The zero-order valence-corrected chi connectivity index (χ0v) is 13.6. The average Bonchev–Trinajstić information content (AvgIpc) is 2.40. The quantitative estimate of drug-likeness (QED) is 0.804. The Morgan fingerprint density at radius 3 is 2.47 bits per heavy atom. The zero-order chi connectivity index (χ0) is 14.5. The summed E-state index contributed by atoms with van der Waals surface area (Å²) in [5.41, 5.74) is 0.355. The van der Waals surface area contributed by atoms with Crippen molar-refractivity contribution in [2.45, 2.75) is 31.4 Å². The molecule has 1 amide bonds. The summed E-state index contributed by atoms with van der Waals surface area (Å²) in [7, 11) is 0. The minimum Gasteiger partial charge on any atom is -0.351 e. The predicted molar refractivity (Wildman–Crippen MR) is 83.4 cm³/mol. The lowest BCUT2D eigenvalue weighted by Gasteiger charge is -2.29. The molecule has 1 N–H and O–H groups in total. The smallest absolute Gasteiger partial charge is 0.254 e. The number of amides is 1. The van der Waals surface area contributed by atoms with Gasteiger partial charge in [0.15, 0.2) is 0 Å². The largest absolute Gasteiger partial charge is 0.351 e.